The highest BCUT2D eigenvalue weighted by molar-refractivity contribution is 5.95. The van der Waals surface area contributed by atoms with Gasteiger partial charge >= 0.3 is 0 Å². The molecule has 6 heteroatoms. The molecule has 0 fully saturated rings. The Morgan fingerprint density at radius 2 is 2.39 bits per heavy atom. The molecule has 0 aliphatic heterocycles. The van der Waals surface area contributed by atoms with Gasteiger partial charge in [-0.05, 0) is 24.1 Å². The number of hydrogen-bond acceptors (Lipinski definition) is 5. The van der Waals surface area contributed by atoms with E-state index >= 15 is 0 Å². The van der Waals surface area contributed by atoms with Gasteiger partial charge in [-0.15, -0.1) is 0 Å². The Morgan fingerprint density at radius 1 is 1.61 bits per heavy atom. The second-order valence-corrected chi connectivity index (χ2v) is 4.11. The Morgan fingerprint density at radius 3 is 3.06 bits per heavy atom. The average Bonchev–Trinajstić information content (AvgIpc) is 2.38. The number of amidine groups is 1. The summed E-state index contributed by atoms with van der Waals surface area (Å²) in [7, 11) is 0. The number of aliphatic hydroxyl groups is 1. The van der Waals surface area contributed by atoms with E-state index in [1.807, 2.05) is 13.0 Å². The van der Waals surface area contributed by atoms with Crippen LogP contribution in [0.25, 0.3) is 0 Å². The maximum atomic E-state index is 9.56. The molecular weight excluding hydrogens is 232 g/mol. The number of rotatable bonds is 7. The SMILES string of the molecule is CCCC(O)CNCc1ccnc(/C(N)=N/O)c1. The van der Waals surface area contributed by atoms with Gasteiger partial charge in [-0.25, -0.2) is 0 Å². The monoisotopic (exact) mass is 252 g/mol. The van der Waals surface area contributed by atoms with Crippen molar-refractivity contribution >= 4 is 5.84 Å². The van der Waals surface area contributed by atoms with E-state index < -0.39 is 0 Å². The van der Waals surface area contributed by atoms with E-state index in [-0.39, 0.29) is 11.9 Å². The van der Waals surface area contributed by atoms with Gasteiger partial charge in [-0.2, -0.15) is 0 Å². The van der Waals surface area contributed by atoms with E-state index in [1.54, 1.807) is 12.3 Å². The maximum Gasteiger partial charge on any atom is 0.188 e. The summed E-state index contributed by atoms with van der Waals surface area (Å²) >= 11 is 0. The van der Waals surface area contributed by atoms with Gasteiger partial charge in [-0.3, -0.25) is 4.98 Å². The van der Waals surface area contributed by atoms with Gasteiger partial charge in [0.05, 0.1) is 6.10 Å². The molecule has 0 amide bonds. The van der Waals surface area contributed by atoms with E-state index in [4.69, 9.17) is 10.9 Å². The second-order valence-electron chi connectivity index (χ2n) is 4.11. The first-order valence-corrected chi connectivity index (χ1v) is 5.99. The third-order valence-electron chi connectivity index (χ3n) is 2.53. The summed E-state index contributed by atoms with van der Waals surface area (Å²) in [5, 5.41) is 24.2. The van der Waals surface area contributed by atoms with Crippen molar-refractivity contribution in [3.8, 4) is 0 Å². The minimum atomic E-state index is -0.319. The van der Waals surface area contributed by atoms with Crippen molar-refractivity contribution in [3.05, 3.63) is 29.6 Å². The van der Waals surface area contributed by atoms with Gasteiger partial charge < -0.3 is 21.4 Å². The van der Waals surface area contributed by atoms with E-state index in [9.17, 15) is 5.11 Å². The predicted molar refractivity (Wildman–Crippen MR) is 69.4 cm³/mol. The van der Waals surface area contributed by atoms with Crippen LogP contribution in [-0.4, -0.2) is 33.8 Å². The zero-order valence-corrected chi connectivity index (χ0v) is 10.5. The van der Waals surface area contributed by atoms with Crippen LogP contribution in [0.3, 0.4) is 0 Å². The molecule has 1 unspecified atom stereocenters. The van der Waals surface area contributed by atoms with Crippen LogP contribution in [0.2, 0.25) is 0 Å². The van der Waals surface area contributed by atoms with Crippen molar-refractivity contribution < 1.29 is 10.3 Å². The number of nitrogens with two attached hydrogens (primary N) is 1. The summed E-state index contributed by atoms with van der Waals surface area (Å²) in [5.41, 5.74) is 6.86. The lowest BCUT2D eigenvalue weighted by molar-refractivity contribution is 0.160. The molecule has 0 bridgehead atoms. The number of nitrogens with one attached hydrogen (secondary N) is 1. The molecule has 1 aromatic heterocycles. The first kappa shape index (κ1) is 14.4. The van der Waals surface area contributed by atoms with Crippen LogP contribution in [0.5, 0.6) is 0 Å². The van der Waals surface area contributed by atoms with E-state index in [0.29, 0.717) is 18.8 Å². The third-order valence-corrected chi connectivity index (χ3v) is 2.53. The molecule has 1 aromatic rings. The van der Waals surface area contributed by atoms with Crippen LogP contribution < -0.4 is 11.1 Å². The highest BCUT2D eigenvalue weighted by Crippen LogP contribution is 2.02. The Hall–Kier alpha value is -1.66. The summed E-state index contributed by atoms with van der Waals surface area (Å²) < 4.78 is 0. The Bertz CT molecular complexity index is 395. The smallest absolute Gasteiger partial charge is 0.188 e. The van der Waals surface area contributed by atoms with Crippen molar-refractivity contribution in [1.29, 1.82) is 0 Å². The van der Waals surface area contributed by atoms with Crippen molar-refractivity contribution in [3.63, 3.8) is 0 Å². The summed E-state index contributed by atoms with van der Waals surface area (Å²) in [6.07, 6.45) is 3.04. The van der Waals surface area contributed by atoms with Crippen LogP contribution in [0, 0.1) is 0 Å². The van der Waals surface area contributed by atoms with Crippen LogP contribution in [0.1, 0.15) is 31.0 Å². The standard InChI is InChI=1S/C12H20N4O2/c1-2-3-10(17)8-14-7-9-4-5-15-11(6-9)12(13)16-18/h4-6,10,14,17-18H,2-3,7-8H2,1H3,(H2,13,16). The second kappa shape index (κ2) is 7.62. The largest absolute Gasteiger partial charge is 0.409 e. The fourth-order valence-corrected chi connectivity index (χ4v) is 1.59. The van der Waals surface area contributed by atoms with Crippen LogP contribution in [0.15, 0.2) is 23.5 Å². The lowest BCUT2D eigenvalue weighted by Gasteiger charge is -2.10. The zero-order valence-electron chi connectivity index (χ0n) is 10.5. The van der Waals surface area contributed by atoms with Gasteiger partial charge in [0.15, 0.2) is 5.84 Å². The van der Waals surface area contributed by atoms with Crippen molar-refractivity contribution in [2.24, 2.45) is 10.9 Å². The zero-order chi connectivity index (χ0) is 13.4. The summed E-state index contributed by atoms with van der Waals surface area (Å²) in [6.45, 7) is 3.19. The first-order chi connectivity index (χ1) is 8.67. The molecule has 1 rings (SSSR count). The molecule has 100 valence electrons. The minimum Gasteiger partial charge on any atom is -0.409 e. The van der Waals surface area contributed by atoms with Crippen LogP contribution in [-0.2, 0) is 6.54 Å². The van der Waals surface area contributed by atoms with Gasteiger partial charge in [0.25, 0.3) is 0 Å². The summed E-state index contributed by atoms with van der Waals surface area (Å²) in [5.74, 6) is -0.0112. The number of oxime groups is 1. The third kappa shape index (κ3) is 4.68. The normalized spacial score (nSPS) is 13.6. The number of aliphatic hydroxyl groups excluding tert-OH is 1. The topological polar surface area (TPSA) is 104 Å². The number of pyridine rings is 1. The van der Waals surface area contributed by atoms with Crippen LogP contribution >= 0.6 is 0 Å². The fourth-order valence-electron chi connectivity index (χ4n) is 1.59. The molecule has 6 nitrogen and oxygen atoms in total. The Balaban J connectivity index is 2.48. The molecule has 0 aliphatic carbocycles. The van der Waals surface area contributed by atoms with Crippen LogP contribution in [0.4, 0.5) is 0 Å². The molecule has 0 spiro atoms. The number of aromatic nitrogens is 1. The Labute approximate surface area is 107 Å². The molecule has 5 N–H and O–H groups in total. The molecule has 18 heavy (non-hydrogen) atoms. The first-order valence-electron chi connectivity index (χ1n) is 5.99. The van der Waals surface area contributed by atoms with E-state index in [2.05, 4.69) is 15.5 Å². The average molecular weight is 252 g/mol. The minimum absolute atomic E-state index is 0.0112. The molecule has 1 atom stereocenters. The molecular formula is C12H20N4O2. The van der Waals surface area contributed by atoms with E-state index in [1.165, 1.54) is 0 Å². The predicted octanol–water partition coefficient (Wildman–Crippen LogP) is 0.427. The molecule has 0 saturated carbocycles. The molecule has 0 aliphatic rings. The number of nitrogens with zero attached hydrogens (tertiary/aromatic N) is 2. The highest BCUT2D eigenvalue weighted by atomic mass is 16.4. The fraction of sp³-hybridized carbons (Fsp3) is 0.500. The van der Waals surface area contributed by atoms with Crippen molar-refractivity contribution in [2.75, 3.05) is 6.54 Å². The Kier molecular flexibility index (Phi) is 6.10. The lowest BCUT2D eigenvalue weighted by Crippen LogP contribution is -2.26. The maximum absolute atomic E-state index is 9.56. The molecule has 0 aromatic carbocycles. The van der Waals surface area contributed by atoms with Gasteiger partial charge in [0.1, 0.15) is 5.69 Å². The number of hydrogen-bond donors (Lipinski definition) is 4. The molecule has 1 heterocycles. The lowest BCUT2D eigenvalue weighted by atomic mass is 10.2. The summed E-state index contributed by atoms with van der Waals surface area (Å²) in [6, 6.07) is 3.58. The molecule has 0 radical (unpaired) electrons. The van der Waals surface area contributed by atoms with Gasteiger partial charge in [-0.1, -0.05) is 18.5 Å². The highest BCUT2D eigenvalue weighted by Gasteiger charge is 2.04. The van der Waals surface area contributed by atoms with Gasteiger partial charge in [0, 0.05) is 19.3 Å². The van der Waals surface area contributed by atoms with Crippen molar-refractivity contribution in [1.82, 2.24) is 10.3 Å². The van der Waals surface area contributed by atoms with Gasteiger partial charge in [0.2, 0.25) is 0 Å². The quantitative estimate of drug-likeness (QED) is 0.244. The van der Waals surface area contributed by atoms with Crippen molar-refractivity contribution in [2.45, 2.75) is 32.4 Å². The molecule has 0 saturated heterocycles. The summed E-state index contributed by atoms with van der Waals surface area (Å²) in [4.78, 5) is 3.99. The van der Waals surface area contributed by atoms with E-state index in [0.717, 1.165) is 18.4 Å².